The van der Waals surface area contributed by atoms with Gasteiger partial charge in [0.2, 0.25) is 5.88 Å². The maximum Gasteiger partial charge on any atom is 0.362 e. The molecule has 1 aliphatic rings. The minimum Gasteiger partial charge on any atom is -0.591 e. The van der Waals surface area contributed by atoms with Gasteiger partial charge >= 0.3 is 6.03 Å². The van der Waals surface area contributed by atoms with E-state index in [1.807, 2.05) is 0 Å². The van der Waals surface area contributed by atoms with Crippen molar-refractivity contribution in [3.8, 4) is 0 Å². The van der Waals surface area contributed by atoms with Crippen molar-refractivity contribution in [2.45, 2.75) is 6.42 Å². The van der Waals surface area contributed by atoms with Gasteiger partial charge in [-0.1, -0.05) is 0 Å². The molecule has 0 aromatic heterocycles. The van der Waals surface area contributed by atoms with E-state index in [-0.39, 0.29) is 6.03 Å². The van der Waals surface area contributed by atoms with Gasteiger partial charge in [-0.2, -0.15) is 4.72 Å². The van der Waals surface area contributed by atoms with Gasteiger partial charge in [-0.25, -0.2) is 4.79 Å². The molecule has 70 valence electrons. The second-order valence-electron chi connectivity index (χ2n) is 2.49. The first-order valence-electron chi connectivity index (χ1n) is 3.67. The predicted molar refractivity (Wildman–Crippen MR) is 44.7 cm³/mol. The van der Waals surface area contributed by atoms with Crippen LogP contribution in [0.3, 0.4) is 0 Å². The molecule has 0 aromatic rings. The first kappa shape index (κ1) is 9.63. The van der Waals surface area contributed by atoms with E-state index in [0.29, 0.717) is 19.0 Å². The van der Waals surface area contributed by atoms with Crippen LogP contribution >= 0.6 is 0 Å². The third-order valence-corrected chi connectivity index (χ3v) is 2.49. The van der Waals surface area contributed by atoms with Crippen molar-refractivity contribution in [1.29, 1.82) is 0 Å². The van der Waals surface area contributed by atoms with Gasteiger partial charge in [-0.05, 0) is 6.42 Å². The molecule has 1 heterocycles. The number of nitrogens with one attached hydrogen (secondary N) is 1. The quantitative estimate of drug-likeness (QED) is 0.490. The molecule has 6 heteroatoms. The van der Waals surface area contributed by atoms with Crippen LogP contribution in [0.25, 0.3) is 0 Å². The maximum atomic E-state index is 11.0. The zero-order valence-electron chi connectivity index (χ0n) is 6.91. The predicted octanol–water partition coefficient (Wildman–Crippen LogP) is -0.331. The first-order valence-corrected chi connectivity index (χ1v) is 4.99. The molecule has 0 aromatic carbocycles. The molecular formula is C6H12N2O3S. The monoisotopic (exact) mass is 192 g/mol. The molecule has 1 N–H and O–H groups in total. The van der Waals surface area contributed by atoms with Gasteiger partial charge in [-0.15, -0.1) is 0 Å². The fraction of sp³-hybridized carbons (Fsp3) is 0.833. The highest BCUT2D eigenvalue weighted by atomic mass is 32.2. The summed E-state index contributed by atoms with van der Waals surface area (Å²) in [5.74, 6) is 0.294. The van der Waals surface area contributed by atoms with Gasteiger partial charge in [0, 0.05) is 20.3 Å². The largest absolute Gasteiger partial charge is 0.591 e. The summed E-state index contributed by atoms with van der Waals surface area (Å²) in [4.78, 5) is 12.5. The highest BCUT2D eigenvalue weighted by Gasteiger charge is 2.30. The molecular weight excluding hydrogens is 180 g/mol. The van der Waals surface area contributed by atoms with Gasteiger partial charge in [0.05, 0.1) is 11.4 Å². The van der Waals surface area contributed by atoms with Crippen molar-refractivity contribution in [2.24, 2.45) is 0 Å². The number of methoxy groups -OCH3 is 1. The van der Waals surface area contributed by atoms with Crippen LogP contribution in [-0.2, 0) is 16.1 Å². The van der Waals surface area contributed by atoms with Gasteiger partial charge in [0.25, 0.3) is 0 Å². The van der Waals surface area contributed by atoms with E-state index in [2.05, 4.69) is 4.72 Å². The van der Waals surface area contributed by atoms with E-state index in [9.17, 15) is 9.35 Å². The molecule has 1 aliphatic heterocycles. The van der Waals surface area contributed by atoms with Gasteiger partial charge < -0.3 is 9.29 Å². The fourth-order valence-corrected chi connectivity index (χ4v) is 1.88. The normalized spacial score (nSPS) is 23.0. The zero-order chi connectivity index (χ0) is 8.97. The number of carbonyl (C=O) groups is 1. The van der Waals surface area contributed by atoms with Gasteiger partial charge in [0.15, 0.2) is 0 Å². The van der Waals surface area contributed by atoms with Crippen LogP contribution in [-0.4, -0.2) is 41.6 Å². The number of ether oxygens (including phenoxy) is 1. The third-order valence-electron chi connectivity index (χ3n) is 1.54. The van der Waals surface area contributed by atoms with Crippen LogP contribution in [0.1, 0.15) is 6.42 Å². The summed E-state index contributed by atoms with van der Waals surface area (Å²) >= 11 is -1.20. The first-order chi connectivity index (χ1) is 5.74. The van der Waals surface area contributed by atoms with Crippen LogP contribution in [0.4, 0.5) is 4.79 Å². The molecule has 0 saturated carbocycles. The Balaban J connectivity index is 2.19. The van der Waals surface area contributed by atoms with Crippen LogP contribution in [0, 0.1) is 0 Å². The summed E-state index contributed by atoms with van der Waals surface area (Å²) in [6, 6.07) is -0.246. The number of rotatable bonds is 4. The zero-order valence-corrected chi connectivity index (χ0v) is 7.73. The van der Waals surface area contributed by atoms with Crippen LogP contribution in [0.5, 0.6) is 0 Å². The van der Waals surface area contributed by atoms with Crippen LogP contribution in [0.15, 0.2) is 0 Å². The Labute approximate surface area is 74.4 Å². The summed E-state index contributed by atoms with van der Waals surface area (Å²) < 4.78 is 17.9. The number of nitrogens with zero attached hydrogens (tertiary/aromatic N) is 1. The molecule has 12 heavy (non-hydrogen) atoms. The molecule has 1 fully saturated rings. The average Bonchev–Trinajstić information content (AvgIpc) is 2.31. The average molecular weight is 192 g/mol. The molecule has 5 nitrogen and oxygen atoms in total. The SMILES string of the molecule is COCCCN1C[S+]([O-])NC1=O. The summed E-state index contributed by atoms with van der Waals surface area (Å²) in [5.41, 5.74) is 0. The van der Waals surface area contributed by atoms with Crippen LogP contribution in [0.2, 0.25) is 0 Å². The molecule has 1 unspecified atom stereocenters. The van der Waals surface area contributed by atoms with Crippen molar-refractivity contribution in [3.63, 3.8) is 0 Å². The molecule has 0 aliphatic carbocycles. The Bertz CT molecular complexity index is 167. The van der Waals surface area contributed by atoms with E-state index in [4.69, 9.17) is 4.74 Å². The third kappa shape index (κ3) is 2.54. The van der Waals surface area contributed by atoms with E-state index >= 15 is 0 Å². The minimum atomic E-state index is -1.20. The summed E-state index contributed by atoms with van der Waals surface area (Å²) in [6.45, 7) is 1.22. The summed E-state index contributed by atoms with van der Waals surface area (Å²) in [6.07, 6.45) is 0.779. The number of amides is 2. The lowest BCUT2D eigenvalue weighted by Crippen LogP contribution is -2.29. The molecule has 2 amide bonds. The van der Waals surface area contributed by atoms with Gasteiger partial charge in [0.1, 0.15) is 0 Å². The molecule has 1 rings (SSSR count). The standard InChI is InChI=1S/C6H12N2O3S/c1-11-4-2-3-8-5-12(10)7-6(8)9/h2-5H2,1H3,(H,7,9). The lowest BCUT2D eigenvalue weighted by atomic mass is 10.4. The summed E-state index contributed by atoms with van der Waals surface area (Å²) in [7, 11) is 1.61. The fourth-order valence-electron chi connectivity index (χ4n) is 0.960. The lowest BCUT2D eigenvalue weighted by molar-refractivity contribution is 0.178. The van der Waals surface area contributed by atoms with Crippen LogP contribution < -0.4 is 4.72 Å². The van der Waals surface area contributed by atoms with Gasteiger partial charge in [-0.3, -0.25) is 4.90 Å². The smallest absolute Gasteiger partial charge is 0.362 e. The molecule has 0 bridgehead atoms. The molecule has 1 atom stereocenters. The Morgan fingerprint density at radius 2 is 2.58 bits per heavy atom. The number of hydrogen-bond donors (Lipinski definition) is 1. The van der Waals surface area contributed by atoms with Crippen molar-refractivity contribution >= 4 is 17.4 Å². The summed E-state index contributed by atoms with van der Waals surface area (Å²) in [5, 5.41) is 0. The van der Waals surface area contributed by atoms with E-state index in [1.54, 1.807) is 7.11 Å². The molecule has 0 spiro atoms. The number of hydrogen-bond acceptors (Lipinski definition) is 3. The second-order valence-corrected chi connectivity index (χ2v) is 3.64. The Morgan fingerprint density at radius 1 is 1.83 bits per heavy atom. The second kappa shape index (κ2) is 4.54. The number of carbonyl (C=O) groups excluding carboxylic acids is 1. The highest BCUT2D eigenvalue weighted by Crippen LogP contribution is 2.04. The van der Waals surface area contributed by atoms with Crippen molar-refractivity contribution in [1.82, 2.24) is 9.62 Å². The molecule has 0 radical (unpaired) electrons. The van der Waals surface area contributed by atoms with Crippen molar-refractivity contribution in [2.75, 3.05) is 26.1 Å². The lowest BCUT2D eigenvalue weighted by Gasteiger charge is -2.09. The van der Waals surface area contributed by atoms with E-state index in [1.165, 1.54) is 4.90 Å². The Hall–Kier alpha value is -0.460. The number of urea groups is 1. The Morgan fingerprint density at radius 3 is 3.08 bits per heavy atom. The molecule has 1 saturated heterocycles. The van der Waals surface area contributed by atoms with E-state index in [0.717, 1.165) is 6.42 Å². The maximum absolute atomic E-state index is 11.0. The topological polar surface area (TPSA) is 64.6 Å². The van der Waals surface area contributed by atoms with Crippen molar-refractivity contribution in [3.05, 3.63) is 0 Å². The van der Waals surface area contributed by atoms with E-state index < -0.39 is 11.4 Å². The Kier molecular flexibility index (Phi) is 3.64. The minimum absolute atomic E-state index is 0.246. The highest BCUT2D eigenvalue weighted by molar-refractivity contribution is 7.90. The van der Waals surface area contributed by atoms with Crippen molar-refractivity contribution < 1.29 is 14.1 Å².